The largest absolute Gasteiger partial charge is 0.393 e. The Balaban J connectivity index is 2.72. The molecule has 1 saturated carbocycles. The highest BCUT2D eigenvalue weighted by atomic mass is 28.3. The zero-order valence-electron chi connectivity index (χ0n) is 10.0. The lowest BCUT2D eigenvalue weighted by Gasteiger charge is -2.31. The van der Waals surface area contributed by atoms with E-state index in [4.69, 9.17) is 0 Å². The minimum absolute atomic E-state index is 0.0663. The monoisotopic (exact) mass is 212 g/mol. The maximum Gasteiger partial charge on any atom is 0.0571 e. The number of allylic oxidation sites excluding steroid dienone is 1. The van der Waals surface area contributed by atoms with Crippen LogP contribution in [0.25, 0.3) is 0 Å². The first-order valence-corrected chi connectivity index (χ1v) is 9.22. The Morgan fingerprint density at radius 2 is 1.93 bits per heavy atom. The third-order valence-electron chi connectivity index (χ3n) is 3.48. The molecule has 0 aliphatic heterocycles. The molecule has 0 amide bonds. The lowest BCUT2D eigenvalue weighted by molar-refractivity contribution is 0.132. The molecule has 1 nitrogen and oxygen atoms in total. The van der Waals surface area contributed by atoms with Gasteiger partial charge >= 0.3 is 0 Å². The summed E-state index contributed by atoms with van der Waals surface area (Å²) in [4.78, 5) is 0. The molecular weight excluding hydrogens is 188 g/mol. The van der Waals surface area contributed by atoms with Crippen LogP contribution in [0.1, 0.15) is 26.2 Å². The molecular formula is C12H24OSi. The van der Waals surface area contributed by atoms with Crippen LogP contribution < -0.4 is 0 Å². The lowest BCUT2D eigenvalue weighted by Crippen LogP contribution is -2.33. The van der Waals surface area contributed by atoms with Crippen LogP contribution in [0.4, 0.5) is 0 Å². The second-order valence-corrected chi connectivity index (χ2v) is 11.4. The quantitative estimate of drug-likeness (QED) is 0.561. The van der Waals surface area contributed by atoms with Crippen LogP contribution in [0, 0.1) is 5.92 Å². The average Bonchev–Trinajstić information content (AvgIpc) is 2.30. The van der Waals surface area contributed by atoms with E-state index in [2.05, 4.69) is 33.1 Å². The summed E-state index contributed by atoms with van der Waals surface area (Å²) in [5.74, 6) is 0.499. The van der Waals surface area contributed by atoms with Crippen LogP contribution in [0.3, 0.4) is 0 Å². The highest BCUT2D eigenvalue weighted by Crippen LogP contribution is 2.46. The van der Waals surface area contributed by atoms with Gasteiger partial charge in [0.05, 0.1) is 6.10 Å². The van der Waals surface area contributed by atoms with Crippen LogP contribution in [-0.4, -0.2) is 19.3 Å². The van der Waals surface area contributed by atoms with Crippen molar-refractivity contribution in [3.8, 4) is 0 Å². The zero-order valence-corrected chi connectivity index (χ0v) is 11.0. The van der Waals surface area contributed by atoms with Crippen molar-refractivity contribution in [2.75, 3.05) is 0 Å². The first kappa shape index (κ1) is 12.0. The van der Waals surface area contributed by atoms with Crippen LogP contribution in [0.5, 0.6) is 0 Å². The van der Waals surface area contributed by atoms with Crippen molar-refractivity contribution in [2.45, 2.75) is 57.5 Å². The summed E-state index contributed by atoms with van der Waals surface area (Å²) >= 11 is 0. The van der Waals surface area contributed by atoms with Crippen LogP contribution in [0.15, 0.2) is 12.2 Å². The third-order valence-corrected chi connectivity index (χ3v) is 6.42. The summed E-state index contributed by atoms with van der Waals surface area (Å²) in [6.45, 7) is 13.3. The molecule has 0 aromatic rings. The van der Waals surface area contributed by atoms with Gasteiger partial charge in [0.25, 0.3) is 0 Å². The molecule has 0 aromatic heterocycles. The van der Waals surface area contributed by atoms with E-state index < -0.39 is 8.07 Å². The zero-order chi connectivity index (χ0) is 10.9. The standard InChI is InChI=1S/C12H24OSi/c1-9(2)8-10-11(13)6-7-12(10)14(3,4)5/h10-13H,1,6-8H2,2-5H3/t10-,11-,12-/m1/s1. The van der Waals surface area contributed by atoms with Gasteiger partial charge < -0.3 is 5.11 Å². The topological polar surface area (TPSA) is 20.2 Å². The van der Waals surface area contributed by atoms with E-state index in [0.29, 0.717) is 5.92 Å². The van der Waals surface area contributed by atoms with Crippen LogP contribution in [0.2, 0.25) is 25.2 Å². The smallest absolute Gasteiger partial charge is 0.0571 e. The average molecular weight is 212 g/mol. The normalized spacial score (nSPS) is 33.4. The molecule has 82 valence electrons. The molecule has 0 aromatic carbocycles. The molecule has 0 heterocycles. The van der Waals surface area contributed by atoms with Gasteiger partial charge in [-0.3, -0.25) is 0 Å². The Kier molecular flexibility index (Phi) is 3.59. The maximum absolute atomic E-state index is 9.95. The fourth-order valence-electron chi connectivity index (χ4n) is 2.80. The Bertz CT molecular complexity index is 217. The Labute approximate surface area is 89.2 Å². The van der Waals surface area contributed by atoms with E-state index in [0.717, 1.165) is 18.4 Å². The number of hydrogen-bond acceptors (Lipinski definition) is 1. The maximum atomic E-state index is 9.95. The van der Waals surface area contributed by atoms with E-state index in [-0.39, 0.29) is 6.10 Å². The summed E-state index contributed by atoms with van der Waals surface area (Å²) in [5, 5.41) is 9.95. The molecule has 3 atom stereocenters. The predicted octanol–water partition coefficient (Wildman–Crippen LogP) is 3.43. The van der Waals surface area contributed by atoms with Gasteiger partial charge in [-0.05, 0) is 31.2 Å². The van der Waals surface area contributed by atoms with Gasteiger partial charge in [0.2, 0.25) is 0 Å². The Morgan fingerprint density at radius 3 is 2.36 bits per heavy atom. The lowest BCUT2D eigenvalue weighted by atomic mass is 9.97. The van der Waals surface area contributed by atoms with Crippen molar-refractivity contribution in [1.29, 1.82) is 0 Å². The summed E-state index contributed by atoms with van der Waals surface area (Å²) in [7, 11) is -1.10. The molecule has 0 unspecified atom stereocenters. The number of hydrogen-bond donors (Lipinski definition) is 1. The minimum atomic E-state index is -1.10. The summed E-state index contributed by atoms with van der Waals surface area (Å²) in [6.07, 6.45) is 3.20. The van der Waals surface area contributed by atoms with E-state index in [1.165, 1.54) is 12.0 Å². The van der Waals surface area contributed by atoms with Gasteiger partial charge in [0.1, 0.15) is 0 Å². The second-order valence-electron chi connectivity index (χ2n) is 5.94. The fourth-order valence-corrected chi connectivity index (χ4v) is 5.46. The van der Waals surface area contributed by atoms with Crippen molar-refractivity contribution < 1.29 is 5.11 Å². The van der Waals surface area contributed by atoms with Gasteiger partial charge in [-0.15, -0.1) is 6.58 Å². The molecule has 2 heteroatoms. The van der Waals surface area contributed by atoms with E-state index in [1.54, 1.807) is 0 Å². The van der Waals surface area contributed by atoms with E-state index in [1.807, 2.05) is 0 Å². The molecule has 0 saturated heterocycles. The number of aliphatic hydroxyl groups excluding tert-OH is 1. The predicted molar refractivity (Wildman–Crippen MR) is 65.3 cm³/mol. The van der Waals surface area contributed by atoms with Crippen LogP contribution in [-0.2, 0) is 0 Å². The molecule has 0 bridgehead atoms. The van der Waals surface area contributed by atoms with E-state index >= 15 is 0 Å². The van der Waals surface area contributed by atoms with Gasteiger partial charge in [0, 0.05) is 8.07 Å². The van der Waals surface area contributed by atoms with Gasteiger partial charge in [0.15, 0.2) is 0 Å². The molecule has 0 spiro atoms. The molecule has 1 aliphatic rings. The summed E-state index contributed by atoms with van der Waals surface area (Å²) < 4.78 is 0. The first-order chi connectivity index (χ1) is 6.32. The molecule has 1 rings (SSSR count). The van der Waals surface area contributed by atoms with Crippen molar-refractivity contribution >= 4 is 8.07 Å². The number of rotatable bonds is 3. The third kappa shape index (κ3) is 2.70. The highest BCUT2D eigenvalue weighted by Gasteiger charge is 2.41. The van der Waals surface area contributed by atoms with Gasteiger partial charge in [-0.1, -0.05) is 31.6 Å². The van der Waals surface area contributed by atoms with Crippen LogP contribution >= 0.6 is 0 Å². The van der Waals surface area contributed by atoms with Crippen molar-refractivity contribution in [1.82, 2.24) is 0 Å². The van der Waals surface area contributed by atoms with Gasteiger partial charge in [-0.25, -0.2) is 0 Å². The Hall–Kier alpha value is -0.0831. The minimum Gasteiger partial charge on any atom is -0.393 e. The summed E-state index contributed by atoms with van der Waals surface area (Å²) in [6, 6.07) is 0. The SMILES string of the molecule is C=C(C)C[C@@H]1[C@H](O)CC[C@H]1[Si](C)(C)C. The molecule has 1 N–H and O–H groups in total. The van der Waals surface area contributed by atoms with Crippen molar-refractivity contribution in [3.63, 3.8) is 0 Å². The van der Waals surface area contributed by atoms with E-state index in [9.17, 15) is 5.11 Å². The number of aliphatic hydroxyl groups is 1. The summed E-state index contributed by atoms with van der Waals surface area (Å²) in [5.41, 5.74) is 2.01. The second kappa shape index (κ2) is 4.19. The molecule has 1 fully saturated rings. The molecule has 0 radical (unpaired) electrons. The highest BCUT2D eigenvalue weighted by molar-refractivity contribution is 6.77. The first-order valence-electron chi connectivity index (χ1n) is 5.65. The molecule has 14 heavy (non-hydrogen) atoms. The van der Waals surface area contributed by atoms with Crippen molar-refractivity contribution in [2.24, 2.45) is 5.92 Å². The van der Waals surface area contributed by atoms with Gasteiger partial charge in [-0.2, -0.15) is 0 Å². The molecule has 1 aliphatic carbocycles. The van der Waals surface area contributed by atoms with Crippen molar-refractivity contribution in [3.05, 3.63) is 12.2 Å². The Morgan fingerprint density at radius 1 is 1.36 bits per heavy atom. The fraction of sp³-hybridized carbons (Fsp3) is 0.833.